The molecule has 0 aromatic heterocycles. The summed E-state index contributed by atoms with van der Waals surface area (Å²) in [6.45, 7) is 6.76. The van der Waals surface area contributed by atoms with Crippen molar-refractivity contribution in [3.8, 4) is 0 Å². The largest absolute Gasteiger partial charge is 0.334 e. The minimum absolute atomic E-state index is 0.106. The van der Waals surface area contributed by atoms with E-state index in [0.29, 0.717) is 12.5 Å². The van der Waals surface area contributed by atoms with Gasteiger partial charge in [0.15, 0.2) is 0 Å². The number of hydrogen-bond donors (Lipinski definition) is 1. The molecule has 3 rings (SSSR count). The van der Waals surface area contributed by atoms with Gasteiger partial charge in [-0.3, -0.25) is 4.90 Å². The van der Waals surface area contributed by atoms with Crippen LogP contribution in [0, 0.1) is 5.92 Å². The molecule has 134 valence electrons. The van der Waals surface area contributed by atoms with E-state index in [1.54, 1.807) is 4.90 Å². The van der Waals surface area contributed by atoms with Crippen LogP contribution in [-0.4, -0.2) is 12.6 Å². The minimum Gasteiger partial charge on any atom is -0.334 e. The summed E-state index contributed by atoms with van der Waals surface area (Å²) in [4.78, 5) is 14.7. The zero-order valence-electron chi connectivity index (χ0n) is 15.3. The van der Waals surface area contributed by atoms with E-state index in [9.17, 15) is 4.79 Å². The van der Waals surface area contributed by atoms with Gasteiger partial charge >= 0.3 is 6.03 Å². The van der Waals surface area contributed by atoms with Crippen molar-refractivity contribution in [2.24, 2.45) is 5.92 Å². The summed E-state index contributed by atoms with van der Waals surface area (Å²) in [6, 6.07) is 19.4. The zero-order valence-corrected chi connectivity index (χ0v) is 15.3. The predicted molar refractivity (Wildman–Crippen MR) is 109 cm³/mol. The van der Waals surface area contributed by atoms with Gasteiger partial charge in [0.25, 0.3) is 0 Å². The number of rotatable bonds is 5. The van der Waals surface area contributed by atoms with Gasteiger partial charge in [-0.1, -0.05) is 60.2 Å². The summed E-state index contributed by atoms with van der Waals surface area (Å²) in [6.07, 6.45) is 5.44. The Morgan fingerprint density at radius 2 is 1.65 bits per heavy atom. The number of carbonyl (C=O) groups is 1. The number of carbonyl (C=O) groups excluding carboxylic acids is 1. The minimum atomic E-state index is -0.106. The fourth-order valence-electron chi connectivity index (χ4n) is 3.30. The van der Waals surface area contributed by atoms with Crippen LogP contribution < -0.4 is 10.2 Å². The number of anilines is 2. The maximum atomic E-state index is 12.9. The monoisotopic (exact) mass is 346 g/mol. The van der Waals surface area contributed by atoms with Crippen LogP contribution >= 0.6 is 0 Å². The Labute approximate surface area is 156 Å². The van der Waals surface area contributed by atoms with Crippen molar-refractivity contribution in [3.05, 3.63) is 84.5 Å². The van der Waals surface area contributed by atoms with Crippen molar-refractivity contribution < 1.29 is 4.79 Å². The van der Waals surface area contributed by atoms with Crippen LogP contribution in [0.4, 0.5) is 16.2 Å². The Kier molecular flexibility index (Phi) is 5.90. The summed E-state index contributed by atoms with van der Waals surface area (Å²) < 4.78 is 0. The van der Waals surface area contributed by atoms with Gasteiger partial charge in [-0.25, -0.2) is 4.79 Å². The third-order valence-electron chi connectivity index (χ3n) is 4.90. The van der Waals surface area contributed by atoms with Gasteiger partial charge in [0, 0.05) is 6.54 Å². The summed E-state index contributed by atoms with van der Waals surface area (Å²) in [7, 11) is 0. The van der Waals surface area contributed by atoms with Crippen LogP contribution in [0.25, 0.3) is 0 Å². The summed E-state index contributed by atoms with van der Waals surface area (Å²) in [5.74, 6) is 0.583. The first-order chi connectivity index (χ1) is 12.6. The van der Waals surface area contributed by atoms with Gasteiger partial charge in [0.1, 0.15) is 0 Å². The van der Waals surface area contributed by atoms with Crippen molar-refractivity contribution in [1.82, 2.24) is 5.32 Å². The van der Waals surface area contributed by atoms with Gasteiger partial charge in [0.2, 0.25) is 0 Å². The van der Waals surface area contributed by atoms with Crippen molar-refractivity contribution in [1.29, 1.82) is 0 Å². The molecule has 0 saturated carbocycles. The normalized spacial score (nSPS) is 16.5. The topological polar surface area (TPSA) is 32.3 Å². The maximum absolute atomic E-state index is 12.9. The number of hydrogen-bond acceptors (Lipinski definition) is 1. The first-order valence-electron chi connectivity index (χ1n) is 9.16. The first-order valence-corrected chi connectivity index (χ1v) is 9.16. The third-order valence-corrected chi connectivity index (χ3v) is 4.90. The van der Waals surface area contributed by atoms with E-state index in [1.165, 1.54) is 11.1 Å². The average molecular weight is 346 g/mol. The lowest BCUT2D eigenvalue weighted by atomic mass is 9.85. The summed E-state index contributed by atoms with van der Waals surface area (Å²) in [5.41, 5.74) is 4.27. The molecule has 0 heterocycles. The Bertz CT molecular complexity index is 741. The van der Waals surface area contributed by atoms with E-state index in [-0.39, 0.29) is 6.03 Å². The molecule has 0 unspecified atom stereocenters. The number of nitrogens with zero attached hydrogens (tertiary/aromatic N) is 1. The molecule has 1 aliphatic rings. The molecule has 1 atom stereocenters. The van der Waals surface area contributed by atoms with Crippen LogP contribution in [0.5, 0.6) is 0 Å². The summed E-state index contributed by atoms with van der Waals surface area (Å²) in [5, 5.41) is 3.09. The number of para-hydroxylation sites is 2. The molecule has 26 heavy (non-hydrogen) atoms. The molecule has 2 aromatic carbocycles. The highest BCUT2D eigenvalue weighted by molar-refractivity contribution is 5.99. The number of benzene rings is 2. The first kappa shape index (κ1) is 18.0. The van der Waals surface area contributed by atoms with Crippen LogP contribution in [0.15, 0.2) is 84.5 Å². The van der Waals surface area contributed by atoms with Crippen molar-refractivity contribution in [2.75, 3.05) is 11.4 Å². The van der Waals surface area contributed by atoms with Crippen LogP contribution in [0.2, 0.25) is 0 Å². The summed E-state index contributed by atoms with van der Waals surface area (Å²) >= 11 is 0. The van der Waals surface area contributed by atoms with Gasteiger partial charge < -0.3 is 5.32 Å². The molecule has 0 radical (unpaired) electrons. The van der Waals surface area contributed by atoms with Gasteiger partial charge in [-0.15, -0.1) is 0 Å². The lowest BCUT2D eigenvalue weighted by molar-refractivity contribution is 0.249. The number of allylic oxidation sites excluding steroid dienone is 2. The van der Waals surface area contributed by atoms with Crippen LogP contribution in [0.3, 0.4) is 0 Å². The highest BCUT2D eigenvalue weighted by Crippen LogP contribution is 2.28. The van der Waals surface area contributed by atoms with Crippen molar-refractivity contribution in [3.63, 3.8) is 0 Å². The molecule has 2 amide bonds. The highest BCUT2D eigenvalue weighted by atomic mass is 16.2. The Hall–Kier alpha value is -2.81. The SMILES string of the molecule is C=C(C)[C@H]1CC=C(CNC(=O)N(c2ccccc2)c2ccccc2)CC1. The van der Waals surface area contributed by atoms with Gasteiger partial charge in [-0.05, 0) is 56.4 Å². The van der Waals surface area contributed by atoms with E-state index < -0.39 is 0 Å². The molecule has 3 heteroatoms. The molecule has 0 bridgehead atoms. The molecule has 0 saturated heterocycles. The molecule has 0 spiro atoms. The van der Waals surface area contributed by atoms with Gasteiger partial charge in [0.05, 0.1) is 11.4 Å². The third kappa shape index (κ3) is 4.42. The Morgan fingerprint density at radius 1 is 1.08 bits per heavy atom. The predicted octanol–water partition coefficient (Wildman–Crippen LogP) is 5.84. The fraction of sp³-hybridized carbons (Fsp3) is 0.261. The molecule has 3 nitrogen and oxygen atoms in total. The molecular weight excluding hydrogens is 320 g/mol. The quantitative estimate of drug-likeness (QED) is 0.678. The number of amides is 2. The van der Waals surface area contributed by atoms with E-state index in [0.717, 1.165) is 30.6 Å². The average Bonchev–Trinajstić information content (AvgIpc) is 2.68. The van der Waals surface area contributed by atoms with Crippen LogP contribution in [-0.2, 0) is 0 Å². The molecule has 2 aromatic rings. The maximum Gasteiger partial charge on any atom is 0.326 e. The second-order valence-corrected chi connectivity index (χ2v) is 6.85. The van der Waals surface area contributed by atoms with Crippen LogP contribution in [0.1, 0.15) is 26.2 Å². The van der Waals surface area contributed by atoms with Crippen molar-refractivity contribution >= 4 is 17.4 Å². The molecule has 1 aliphatic carbocycles. The standard InChI is InChI=1S/C23H26N2O/c1-18(2)20-15-13-19(14-16-20)17-24-23(26)25(21-9-5-3-6-10-21)22-11-7-4-8-12-22/h3-13,20H,1,14-17H2,2H3,(H,24,26)/t20-/m0/s1. The van der Waals surface area contributed by atoms with E-state index in [1.807, 2.05) is 60.7 Å². The number of urea groups is 1. The van der Waals surface area contributed by atoms with E-state index in [4.69, 9.17) is 0 Å². The van der Waals surface area contributed by atoms with E-state index in [2.05, 4.69) is 24.9 Å². The molecule has 1 N–H and O–H groups in total. The smallest absolute Gasteiger partial charge is 0.326 e. The van der Waals surface area contributed by atoms with Gasteiger partial charge in [-0.2, -0.15) is 0 Å². The Balaban J connectivity index is 1.70. The Morgan fingerprint density at radius 3 is 2.12 bits per heavy atom. The zero-order chi connectivity index (χ0) is 18.4. The fourth-order valence-corrected chi connectivity index (χ4v) is 3.30. The highest BCUT2D eigenvalue weighted by Gasteiger charge is 2.19. The van der Waals surface area contributed by atoms with E-state index >= 15 is 0 Å². The molecular formula is C23H26N2O. The molecule has 0 fully saturated rings. The lowest BCUT2D eigenvalue weighted by Crippen LogP contribution is -2.38. The number of nitrogens with one attached hydrogen (secondary N) is 1. The van der Waals surface area contributed by atoms with Crippen molar-refractivity contribution in [2.45, 2.75) is 26.2 Å². The lowest BCUT2D eigenvalue weighted by Gasteiger charge is -2.25. The second-order valence-electron chi connectivity index (χ2n) is 6.85. The molecule has 0 aliphatic heterocycles. The second kappa shape index (κ2) is 8.52.